The van der Waals surface area contributed by atoms with Gasteiger partial charge in [-0.3, -0.25) is 9.36 Å². The summed E-state index contributed by atoms with van der Waals surface area (Å²) in [5.74, 6) is 0.487. The molecule has 3 rings (SSSR count). The summed E-state index contributed by atoms with van der Waals surface area (Å²) < 4.78 is 12.3. The van der Waals surface area contributed by atoms with E-state index in [9.17, 15) is 9.59 Å². The molecule has 1 amide bonds. The summed E-state index contributed by atoms with van der Waals surface area (Å²) in [5, 5.41) is 12.9. The van der Waals surface area contributed by atoms with Gasteiger partial charge in [-0.05, 0) is 38.1 Å². The van der Waals surface area contributed by atoms with Gasteiger partial charge in [-0.1, -0.05) is 29.4 Å². The zero-order chi connectivity index (χ0) is 24.0. The number of aromatic nitrogens is 3. The number of carbonyl (C=O) groups excluding carboxylic acids is 2. The molecule has 0 bridgehead atoms. The third-order valence-corrected chi connectivity index (χ3v) is 6.53. The van der Waals surface area contributed by atoms with Gasteiger partial charge >= 0.3 is 5.97 Å². The summed E-state index contributed by atoms with van der Waals surface area (Å²) in [6.45, 7) is 8.09. The van der Waals surface area contributed by atoms with Crippen LogP contribution < -0.4 is 10.1 Å². The number of amides is 1. The molecule has 1 aromatic carbocycles. The molecular formula is C22H23ClN4O4S2. The molecule has 0 saturated carbocycles. The fourth-order valence-corrected chi connectivity index (χ4v) is 4.84. The fraction of sp³-hybridized carbons (Fsp3) is 0.273. The molecule has 0 radical (unpaired) electrons. The number of anilines is 1. The standard InChI is InChI=1S/C22H23ClN4O4S2/c1-5-9-27-19(15-11-14(23)7-8-17(15)30-4)25-26-22(27)32-12-18(28)24-20-16(10-13(3)33-20)21(29)31-6-2/h5,7-8,10-11H,1,6,9,12H2,2-4H3,(H,24,28). The second kappa shape index (κ2) is 11.4. The number of hydrogen-bond acceptors (Lipinski definition) is 8. The highest BCUT2D eigenvalue weighted by Crippen LogP contribution is 2.34. The Morgan fingerprint density at radius 2 is 2.12 bits per heavy atom. The van der Waals surface area contributed by atoms with Crippen LogP contribution in [0.15, 0.2) is 42.1 Å². The zero-order valence-electron chi connectivity index (χ0n) is 18.4. The van der Waals surface area contributed by atoms with E-state index >= 15 is 0 Å². The first-order valence-corrected chi connectivity index (χ1v) is 12.1. The Hall–Kier alpha value is -2.82. The highest BCUT2D eigenvalue weighted by Gasteiger charge is 2.20. The van der Waals surface area contributed by atoms with E-state index < -0.39 is 5.97 Å². The lowest BCUT2D eigenvalue weighted by Gasteiger charge is -2.11. The number of aryl methyl sites for hydroxylation is 1. The van der Waals surface area contributed by atoms with Crippen molar-refractivity contribution in [3.63, 3.8) is 0 Å². The van der Waals surface area contributed by atoms with E-state index in [-0.39, 0.29) is 18.3 Å². The van der Waals surface area contributed by atoms with Crippen LogP contribution in [0, 0.1) is 6.92 Å². The largest absolute Gasteiger partial charge is 0.496 e. The van der Waals surface area contributed by atoms with Crippen molar-refractivity contribution in [1.82, 2.24) is 14.8 Å². The normalized spacial score (nSPS) is 10.7. The number of thioether (sulfide) groups is 1. The van der Waals surface area contributed by atoms with Crippen LogP contribution in [-0.2, 0) is 16.1 Å². The highest BCUT2D eigenvalue weighted by atomic mass is 35.5. The topological polar surface area (TPSA) is 95.3 Å². The Balaban J connectivity index is 1.78. The van der Waals surface area contributed by atoms with E-state index in [1.165, 1.54) is 23.1 Å². The zero-order valence-corrected chi connectivity index (χ0v) is 20.8. The van der Waals surface area contributed by atoms with Gasteiger partial charge in [0, 0.05) is 16.4 Å². The first kappa shape index (κ1) is 24.8. The van der Waals surface area contributed by atoms with Gasteiger partial charge in [0.1, 0.15) is 10.8 Å². The molecule has 0 aliphatic carbocycles. The summed E-state index contributed by atoms with van der Waals surface area (Å²) in [4.78, 5) is 25.7. The predicted molar refractivity (Wildman–Crippen MR) is 132 cm³/mol. The average Bonchev–Trinajstić information content (AvgIpc) is 3.35. The van der Waals surface area contributed by atoms with Crippen molar-refractivity contribution < 1.29 is 19.1 Å². The number of rotatable bonds is 10. The lowest BCUT2D eigenvalue weighted by Crippen LogP contribution is -2.16. The molecule has 8 nitrogen and oxygen atoms in total. The Morgan fingerprint density at radius 3 is 2.82 bits per heavy atom. The van der Waals surface area contributed by atoms with Gasteiger partial charge in [0.15, 0.2) is 11.0 Å². The summed E-state index contributed by atoms with van der Waals surface area (Å²) in [6, 6.07) is 6.95. The summed E-state index contributed by atoms with van der Waals surface area (Å²) >= 11 is 8.72. The molecule has 0 unspecified atom stereocenters. The van der Waals surface area contributed by atoms with Crippen LogP contribution in [0.5, 0.6) is 5.75 Å². The van der Waals surface area contributed by atoms with Gasteiger partial charge in [0.2, 0.25) is 5.91 Å². The van der Waals surface area contributed by atoms with E-state index in [4.69, 9.17) is 21.1 Å². The number of carbonyl (C=O) groups is 2. The lowest BCUT2D eigenvalue weighted by atomic mass is 10.2. The monoisotopic (exact) mass is 506 g/mol. The minimum absolute atomic E-state index is 0.0706. The third kappa shape index (κ3) is 5.95. The molecule has 0 aliphatic heterocycles. The van der Waals surface area contributed by atoms with E-state index in [0.717, 1.165) is 4.88 Å². The lowest BCUT2D eigenvalue weighted by molar-refractivity contribution is -0.113. The molecule has 2 heterocycles. The van der Waals surface area contributed by atoms with E-state index in [2.05, 4.69) is 22.1 Å². The molecular weight excluding hydrogens is 484 g/mol. The maximum absolute atomic E-state index is 12.6. The number of esters is 1. The molecule has 2 aromatic heterocycles. The van der Waals surface area contributed by atoms with Crippen LogP contribution in [0.1, 0.15) is 22.2 Å². The SMILES string of the molecule is C=CCn1c(SCC(=O)Nc2sc(C)cc2C(=O)OCC)nnc1-c1cc(Cl)ccc1OC. The second-order valence-corrected chi connectivity index (χ2v) is 9.34. The number of hydrogen-bond donors (Lipinski definition) is 1. The Kier molecular flexibility index (Phi) is 8.54. The molecule has 0 saturated heterocycles. The van der Waals surface area contributed by atoms with Crippen LogP contribution in [0.25, 0.3) is 11.4 Å². The minimum Gasteiger partial charge on any atom is -0.496 e. The fourth-order valence-electron chi connectivity index (χ4n) is 3.00. The molecule has 11 heteroatoms. The van der Waals surface area contributed by atoms with Crippen LogP contribution in [0.2, 0.25) is 5.02 Å². The van der Waals surface area contributed by atoms with Crippen molar-refractivity contribution >= 4 is 51.6 Å². The van der Waals surface area contributed by atoms with E-state index in [1.54, 1.807) is 44.4 Å². The summed E-state index contributed by atoms with van der Waals surface area (Å²) in [6.07, 6.45) is 1.72. The van der Waals surface area contributed by atoms with Crippen molar-refractivity contribution in [3.05, 3.63) is 52.4 Å². The molecule has 0 spiro atoms. The molecule has 3 aromatic rings. The van der Waals surface area contributed by atoms with Gasteiger partial charge in [-0.25, -0.2) is 4.79 Å². The molecule has 174 valence electrons. The van der Waals surface area contributed by atoms with Crippen LogP contribution >= 0.6 is 34.7 Å². The van der Waals surface area contributed by atoms with Gasteiger partial charge < -0.3 is 14.8 Å². The third-order valence-electron chi connectivity index (χ3n) is 4.37. The van der Waals surface area contributed by atoms with Crippen molar-refractivity contribution in [1.29, 1.82) is 0 Å². The number of nitrogens with zero attached hydrogens (tertiary/aromatic N) is 3. The summed E-state index contributed by atoms with van der Waals surface area (Å²) in [5.41, 5.74) is 1.03. The molecule has 33 heavy (non-hydrogen) atoms. The van der Waals surface area contributed by atoms with Crippen LogP contribution in [-0.4, -0.2) is 46.1 Å². The number of benzene rings is 1. The number of halogens is 1. The minimum atomic E-state index is -0.462. The molecule has 1 N–H and O–H groups in total. The molecule has 0 atom stereocenters. The van der Waals surface area contributed by atoms with Crippen molar-refractivity contribution in [2.24, 2.45) is 0 Å². The van der Waals surface area contributed by atoms with Crippen LogP contribution in [0.4, 0.5) is 5.00 Å². The number of thiophene rings is 1. The number of nitrogens with one attached hydrogen (secondary N) is 1. The predicted octanol–water partition coefficient (Wildman–Crippen LogP) is 5.07. The number of methoxy groups -OCH3 is 1. The first-order chi connectivity index (χ1) is 15.9. The van der Waals surface area contributed by atoms with E-state index in [0.29, 0.717) is 44.4 Å². The maximum atomic E-state index is 12.6. The van der Waals surface area contributed by atoms with Crippen LogP contribution in [0.3, 0.4) is 0 Å². The van der Waals surface area contributed by atoms with E-state index in [1.807, 2.05) is 11.5 Å². The highest BCUT2D eigenvalue weighted by molar-refractivity contribution is 7.99. The molecule has 0 aliphatic rings. The first-order valence-electron chi connectivity index (χ1n) is 9.96. The summed E-state index contributed by atoms with van der Waals surface area (Å²) in [7, 11) is 1.57. The second-order valence-electron chi connectivity index (χ2n) is 6.71. The van der Waals surface area contributed by atoms with Gasteiger partial charge in [0.25, 0.3) is 0 Å². The average molecular weight is 507 g/mol. The number of allylic oxidation sites excluding steroid dienone is 1. The van der Waals surface area contributed by atoms with Gasteiger partial charge in [-0.2, -0.15) is 0 Å². The maximum Gasteiger partial charge on any atom is 0.341 e. The molecule has 0 fully saturated rings. The Morgan fingerprint density at radius 1 is 1.33 bits per heavy atom. The van der Waals surface area contributed by atoms with Crippen molar-refractivity contribution in [2.75, 3.05) is 24.8 Å². The van der Waals surface area contributed by atoms with Gasteiger partial charge in [0.05, 0.1) is 30.6 Å². The Labute approximate surface area is 204 Å². The quantitative estimate of drug-likeness (QED) is 0.233. The number of ether oxygens (including phenoxy) is 2. The van der Waals surface area contributed by atoms with Crippen molar-refractivity contribution in [2.45, 2.75) is 25.5 Å². The Bertz CT molecular complexity index is 1180. The smallest absolute Gasteiger partial charge is 0.341 e. The van der Waals surface area contributed by atoms with Crippen molar-refractivity contribution in [3.8, 4) is 17.1 Å². The van der Waals surface area contributed by atoms with Gasteiger partial charge in [-0.15, -0.1) is 28.1 Å².